The number of ether oxygens (including phenoxy) is 2. The Morgan fingerprint density at radius 2 is 1.81 bits per heavy atom. The summed E-state index contributed by atoms with van der Waals surface area (Å²) < 4.78 is 42.2. The molecule has 43 heavy (non-hydrogen) atoms. The number of para-hydroxylation sites is 1. The molecule has 0 fully saturated rings. The highest BCUT2D eigenvalue weighted by Crippen LogP contribution is 2.38. The number of rotatable bonds is 7. The number of likely N-dealkylation sites (N-methyl/N-ethyl adjacent to an activating group) is 1. The van der Waals surface area contributed by atoms with Crippen LogP contribution in [0.3, 0.4) is 0 Å². The zero-order valence-corrected chi connectivity index (χ0v) is 26.0. The molecule has 0 radical (unpaired) electrons. The third-order valence-corrected chi connectivity index (χ3v) is 10.2. The van der Waals surface area contributed by atoms with E-state index in [9.17, 15) is 18.3 Å². The van der Waals surface area contributed by atoms with Gasteiger partial charge in [0.25, 0.3) is 5.91 Å². The Morgan fingerprint density at radius 3 is 2.56 bits per heavy atom. The van der Waals surface area contributed by atoms with Crippen molar-refractivity contribution in [3.8, 4) is 16.9 Å². The van der Waals surface area contributed by atoms with Gasteiger partial charge in [-0.2, -0.15) is 4.31 Å². The summed E-state index contributed by atoms with van der Waals surface area (Å²) in [6, 6.07) is 21.7. The third kappa shape index (κ3) is 5.80. The van der Waals surface area contributed by atoms with Gasteiger partial charge in [-0.15, -0.1) is 0 Å². The number of aromatic nitrogens is 1. The number of fused-ring (bicyclic) bond motifs is 5. The standard InChI is InChI=1S/C33H39N3O6S/c1-22-18-36(23(2)20-37)33(38)32-31(28-15-8-9-16-29(28)35(32)4)27-14-7-6-11-24(27)21-42-30(22)19-34(3)43(39,40)26-13-10-12-25(17-26)41-5/h6-17,22-23,30,37H,18-21H2,1-5H3/t22-,23+,30-/m0/s1. The van der Waals surface area contributed by atoms with Gasteiger partial charge in [0.1, 0.15) is 11.4 Å². The molecule has 3 atom stereocenters. The topological polar surface area (TPSA) is 101 Å². The van der Waals surface area contributed by atoms with E-state index in [1.54, 1.807) is 17.0 Å². The smallest absolute Gasteiger partial charge is 0.271 e. The Kier molecular flexibility index (Phi) is 8.94. The Hall–Kier alpha value is -3.70. The summed E-state index contributed by atoms with van der Waals surface area (Å²) in [5.74, 6) is -0.0240. The number of aliphatic hydroxyl groups excluding tert-OH is 1. The lowest BCUT2D eigenvalue weighted by atomic mass is 9.96. The fraction of sp³-hybridized carbons (Fsp3) is 0.364. The zero-order valence-electron chi connectivity index (χ0n) is 25.2. The fourth-order valence-electron chi connectivity index (χ4n) is 5.82. The zero-order chi connectivity index (χ0) is 30.9. The minimum atomic E-state index is -3.86. The molecule has 0 unspecified atom stereocenters. The van der Waals surface area contributed by atoms with Crippen LogP contribution in [0.5, 0.6) is 5.75 Å². The molecule has 10 heteroatoms. The molecular weight excluding hydrogens is 566 g/mol. The molecule has 228 valence electrons. The first kappa shape index (κ1) is 30.7. The Morgan fingerprint density at radius 1 is 1.09 bits per heavy atom. The Balaban J connectivity index is 1.59. The summed E-state index contributed by atoms with van der Waals surface area (Å²) in [4.78, 5) is 16.3. The second-order valence-corrected chi connectivity index (χ2v) is 13.3. The van der Waals surface area contributed by atoms with Crippen LogP contribution in [0.4, 0.5) is 0 Å². The van der Waals surface area contributed by atoms with Crippen LogP contribution >= 0.6 is 0 Å². The summed E-state index contributed by atoms with van der Waals surface area (Å²) in [6.07, 6.45) is -0.558. The van der Waals surface area contributed by atoms with E-state index in [-0.39, 0.29) is 43.0 Å². The summed E-state index contributed by atoms with van der Waals surface area (Å²) >= 11 is 0. The van der Waals surface area contributed by atoms with Crippen molar-refractivity contribution in [3.63, 3.8) is 0 Å². The van der Waals surface area contributed by atoms with Gasteiger partial charge < -0.3 is 24.0 Å². The van der Waals surface area contributed by atoms with Crippen molar-refractivity contribution in [1.82, 2.24) is 13.8 Å². The van der Waals surface area contributed by atoms with Gasteiger partial charge in [-0.05, 0) is 36.2 Å². The van der Waals surface area contributed by atoms with Crippen molar-refractivity contribution in [3.05, 3.63) is 84.1 Å². The molecule has 9 nitrogen and oxygen atoms in total. The number of aryl methyl sites for hydroxylation is 1. The Bertz CT molecular complexity index is 1730. The van der Waals surface area contributed by atoms with E-state index in [2.05, 4.69) is 0 Å². The third-order valence-electron chi connectivity index (χ3n) is 8.41. The molecule has 1 aliphatic rings. The fourth-order valence-corrected chi connectivity index (χ4v) is 7.04. The maximum atomic E-state index is 14.5. The number of carbonyl (C=O) groups is 1. The normalized spacial score (nSPS) is 18.7. The van der Waals surface area contributed by atoms with Crippen LogP contribution < -0.4 is 4.74 Å². The SMILES string of the molecule is COc1cccc(S(=O)(=O)N(C)C[C@@H]2OCc3ccccc3-c3c(n(C)c4ccccc34)C(=O)N([C@H](C)CO)C[C@@H]2C)c1. The van der Waals surface area contributed by atoms with Crippen molar-refractivity contribution < 1.29 is 27.8 Å². The van der Waals surface area contributed by atoms with Gasteiger partial charge in [-0.25, -0.2) is 8.42 Å². The van der Waals surface area contributed by atoms with E-state index in [1.165, 1.54) is 30.6 Å². The summed E-state index contributed by atoms with van der Waals surface area (Å²) in [5.41, 5.74) is 4.07. The quantitative estimate of drug-likeness (QED) is 0.332. The molecule has 5 rings (SSSR count). The second-order valence-electron chi connectivity index (χ2n) is 11.2. The summed E-state index contributed by atoms with van der Waals surface area (Å²) in [5, 5.41) is 11.2. The summed E-state index contributed by atoms with van der Waals surface area (Å²) in [7, 11) is 1.06. The van der Waals surface area contributed by atoms with Gasteiger partial charge in [0, 0.05) is 55.6 Å². The largest absolute Gasteiger partial charge is 0.497 e. The lowest BCUT2D eigenvalue weighted by molar-refractivity contribution is -0.0147. The van der Waals surface area contributed by atoms with Crippen LogP contribution in [0.1, 0.15) is 29.9 Å². The molecule has 1 amide bonds. The molecule has 1 aromatic heterocycles. The number of sulfonamides is 1. The van der Waals surface area contributed by atoms with Crippen LogP contribution in [0, 0.1) is 5.92 Å². The molecule has 4 aromatic rings. The highest BCUT2D eigenvalue weighted by Gasteiger charge is 2.35. The molecule has 1 N–H and O–H groups in total. The molecule has 0 aliphatic carbocycles. The lowest BCUT2D eigenvalue weighted by Gasteiger charge is -2.35. The first-order valence-electron chi connectivity index (χ1n) is 14.4. The molecule has 0 bridgehead atoms. The van der Waals surface area contributed by atoms with Crippen molar-refractivity contribution in [1.29, 1.82) is 0 Å². The molecule has 3 aromatic carbocycles. The number of methoxy groups -OCH3 is 1. The van der Waals surface area contributed by atoms with Crippen LogP contribution in [0.2, 0.25) is 0 Å². The number of hydrogen-bond acceptors (Lipinski definition) is 6. The number of hydrogen-bond donors (Lipinski definition) is 1. The number of benzene rings is 3. The number of aliphatic hydroxyl groups is 1. The summed E-state index contributed by atoms with van der Waals surface area (Å²) in [6.45, 7) is 4.10. The highest BCUT2D eigenvalue weighted by molar-refractivity contribution is 7.89. The van der Waals surface area contributed by atoms with Crippen molar-refractivity contribution in [2.24, 2.45) is 13.0 Å². The van der Waals surface area contributed by atoms with Crippen LogP contribution in [-0.2, 0) is 28.4 Å². The molecule has 0 saturated carbocycles. The van der Waals surface area contributed by atoms with Crippen molar-refractivity contribution in [2.75, 3.05) is 33.9 Å². The second kappa shape index (κ2) is 12.5. The first-order chi connectivity index (χ1) is 20.6. The molecule has 0 saturated heterocycles. The molecule has 1 aliphatic heterocycles. The maximum absolute atomic E-state index is 14.5. The van der Waals surface area contributed by atoms with Gasteiger partial charge in [-0.3, -0.25) is 4.79 Å². The van der Waals surface area contributed by atoms with E-state index in [0.29, 0.717) is 11.4 Å². The Labute approximate surface area is 253 Å². The van der Waals surface area contributed by atoms with Crippen molar-refractivity contribution in [2.45, 2.75) is 37.5 Å². The predicted octanol–water partition coefficient (Wildman–Crippen LogP) is 4.53. The monoisotopic (exact) mass is 605 g/mol. The van der Waals surface area contributed by atoms with Gasteiger partial charge in [0.2, 0.25) is 10.0 Å². The van der Waals surface area contributed by atoms with E-state index >= 15 is 0 Å². The molecular formula is C33H39N3O6S. The number of nitrogens with zero attached hydrogens (tertiary/aromatic N) is 3. The number of carbonyl (C=O) groups excluding carboxylic acids is 1. The first-order valence-corrected chi connectivity index (χ1v) is 15.8. The van der Waals surface area contributed by atoms with E-state index < -0.39 is 22.2 Å². The van der Waals surface area contributed by atoms with E-state index in [1.807, 2.05) is 74.0 Å². The predicted molar refractivity (Wildman–Crippen MR) is 166 cm³/mol. The van der Waals surface area contributed by atoms with Gasteiger partial charge in [0.15, 0.2) is 0 Å². The van der Waals surface area contributed by atoms with Gasteiger partial charge >= 0.3 is 0 Å². The minimum absolute atomic E-state index is 0.0638. The highest BCUT2D eigenvalue weighted by atomic mass is 32.2. The average Bonchev–Trinajstić information content (AvgIpc) is 3.31. The molecule has 2 heterocycles. The van der Waals surface area contributed by atoms with Crippen molar-refractivity contribution >= 4 is 26.8 Å². The minimum Gasteiger partial charge on any atom is -0.497 e. The van der Waals surface area contributed by atoms with E-state index in [4.69, 9.17) is 9.47 Å². The maximum Gasteiger partial charge on any atom is 0.271 e. The number of amides is 1. The van der Waals surface area contributed by atoms with Crippen LogP contribution in [-0.4, -0.2) is 79.2 Å². The van der Waals surface area contributed by atoms with E-state index in [0.717, 1.165) is 27.6 Å². The van der Waals surface area contributed by atoms with Crippen LogP contribution in [0.15, 0.2) is 77.7 Å². The van der Waals surface area contributed by atoms with Crippen LogP contribution in [0.25, 0.3) is 22.0 Å². The molecule has 0 spiro atoms. The average molecular weight is 606 g/mol. The van der Waals surface area contributed by atoms with Gasteiger partial charge in [-0.1, -0.05) is 55.5 Å². The van der Waals surface area contributed by atoms with Gasteiger partial charge in [0.05, 0.1) is 37.4 Å². The lowest BCUT2D eigenvalue weighted by Crippen LogP contribution is -2.48.